The SMILES string of the molecule is CC(C)CC(=O)N1CCc2ccc(OCC(=O)NCc3ccccc3)cc2[C@@H]1c1cccc(F)c1. The van der Waals surface area contributed by atoms with Crippen LogP contribution in [0.5, 0.6) is 5.75 Å². The number of carbonyl (C=O) groups is 2. The fraction of sp³-hybridized carbons (Fsp3) is 0.310. The van der Waals surface area contributed by atoms with Gasteiger partial charge in [-0.2, -0.15) is 0 Å². The minimum absolute atomic E-state index is 0.0477. The summed E-state index contributed by atoms with van der Waals surface area (Å²) in [5.41, 5.74) is 3.73. The number of hydrogen-bond acceptors (Lipinski definition) is 3. The number of hydrogen-bond donors (Lipinski definition) is 1. The molecule has 3 aromatic carbocycles. The van der Waals surface area contributed by atoms with Crippen molar-refractivity contribution in [3.05, 3.63) is 101 Å². The summed E-state index contributed by atoms with van der Waals surface area (Å²) in [4.78, 5) is 27.3. The molecule has 1 N–H and O–H groups in total. The highest BCUT2D eigenvalue weighted by Crippen LogP contribution is 2.38. The third-order valence-corrected chi connectivity index (χ3v) is 6.12. The molecule has 4 rings (SSSR count). The number of benzene rings is 3. The maximum atomic E-state index is 14.1. The van der Waals surface area contributed by atoms with Crippen molar-refractivity contribution in [2.75, 3.05) is 13.2 Å². The Balaban J connectivity index is 1.53. The Kier molecular flexibility index (Phi) is 7.80. The van der Waals surface area contributed by atoms with Gasteiger partial charge in [0.1, 0.15) is 11.6 Å². The first-order valence-electron chi connectivity index (χ1n) is 12.0. The van der Waals surface area contributed by atoms with E-state index in [0.717, 1.165) is 22.3 Å². The second-order valence-corrected chi connectivity index (χ2v) is 9.30. The van der Waals surface area contributed by atoms with Gasteiger partial charge in [-0.3, -0.25) is 9.59 Å². The quantitative estimate of drug-likeness (QED) is 0.498. The molecule has 2 amide bonds. The van der Waals surface area contributed by atoms with Crippen LogP contribution in [0.25, 0.3) is 0 Å². The molecule has 1 atom stereocenters. The molecule has 0 spiro atoms. The van der Waals surface area contributed by atoms with Crippen molar-refractivity contribution in [1.29, 1.82) is 0 Å². The van der Waals surface area contributed by atoms with E-state index in [9.17, 15) is 14.0 Å². The molecule has 182 valence electrons. The summed E-state index contributed by atoms with van der Waals surface area (Å²) in [6, 6.07) is 21.4. The fourth-order valence-corrected chi connectivity index (χ4v) is 4.45. The zero-order chi connectivity index (χ0) is 24.8. The van der Waals surface area contributed by atoms with Gasteiger partial charge in [-0.1, -0.05) is 62.4 Å². The van der Waals surface area contributed by atoms with Gasteiger partial charge in [0.25, 0.3) is 5.91 Å². The predicted molar refractivity (Wildman–Crippen MR) is 133 cm³/mol. The van der Waals surface area contributed by atoms with E-state index in [0.29, 0.717) is 31.7 Å². The lowest BCUT2D eigenvalue weighted by molar-refractivity contribution is -0.134. The summed E-state index contributed by atoms with van der Waals surface area (Å²) in [6.07, 6.45) is 1.14. The molecule has 1 aliphatic rings. The molecule has 1 heterocycles. The molecular formula is C29H31FN2O3. The summed E-state index contributed by atoms with van der Waals surface area (Å²) in [5.74, 6) is 0.251. The van der Waals surface area contributed by atoms with Crippen LogP contribution in [0.3, 0.4) is 0 Å². The average molecular weight is 475 g/mol. The predicted octanol–water partition coefficient (Wildman–Crippen LogP) is 5.04. The lowest BCUT2D eigenvalue weighted by Crippen LogP contribution is -2.41. The van der Waals surface area contributed by atoms with E-state index < -0.39 is 6.04 Å². The Morgan fingerprint density at radius 1 is 1.06 bits per heavy atom. The molecule has 0 bridgehead atoms. The molecule has 0 fully saturated rings. The number of rotatable bonds is 8. The smallest absolute Gasteiger partial charge is 0.258 e. The standard InChI is InChI=1S/C29H31FN2O3/c1-20(2)15-28(34)32-14-13-22-11-12-25(17-26(22)29(32)23-9-6-10-24(30)16-23)35-19-27(33)31-18-21-7-4-3-5-8-21/h3-12,16-17,20,29H,13-15,18-19H2,1-2H3,(H,31,33)/t29-/m0/s1. The molecule has 6 heteroatoms. The Bertz CT molecular complexity index is 1180. The molecule has 0 saturated heterocycles. The number of nitrogens with one attached hydrogen (secondary N) is 1. The normalized spacial score (nSPS) is 15.0. The van der Waals surface area contributed by atoms with Crippen molar-refractivity contribution in [2.24, 2.45) is 5.92 Å². The van der Waals surface area contributed by atoms with E-state index in [1.165, 1.54) is 12.1 Å². The molecule has 3 aromatic rings. The van der Waals surface area contributed by atoms with E-state index >= 15 is 0 Å². The van der Waals surface area contributed by atoms with E-state index in [4.69, 9.17) is 4.74 Å². The Morgan fingerprint density at radius 2 is 1.86 bits per heavy atom. The van der Waals surface area contributed by atoms with Gasteiger partial charge in [0.05, 0.1) is 6.04 Å². The van der Waals surface area contributed by atoms with E-state index in [1.807, 2.05) is 73.3 Å². The first-order valence-corrected chi connectivity index (χ1v) is 12.0. The van der Waals surface area contributed by atoms with Crippen LogP contribution in [0.1, 0.15) is 48.6 Å². The summed E-state index contributed by atoms with van der Waals surface area (Å²) in [7, 11) is 0. The van der Waals surface area contributed by atoms with E-state index in [-0.39, 0.29) is 30.2 Å². The molecule has 0 aliphatic carbocycles. The highest BCUT2D eigenvalue weighted by molar-refractivity contribution is 5.78. The van der Waals surface area contributed by atoms with Gasteiger partial charge in [-0.25, -0.2) is 4.39 Å². The van der Waals surface area contributed by atoms with Crippen LogP contribution in [0.15, 0.2) is 72.8 Å². The zero-order valence-electron chi connectivity index (χ0n) is 20.2. The first-order chi connectivity index (χ1) is 16.9. The van der Waals surface area contributed by atoms with Crippen molar-refractivity contribution in [3.63, 3.8) is 0 Å². The monoisotopic (exact) mass is 474 g/mol. The first kappa shape index (κ1) is 24.5. The van der Waals surface area contributed by atoms with Crippen molar-refractivity contribution in [3.8, 4) is 5.75 Å². The summed E-state index contributed by atoms with van der Waals surface area (Å²) in [6.45, 7) is 4.92. The van der Waals surface area contributed by atoms with Gasteiger partial charge in [0.15, 0.2) is 6.61 Å². The van der Waals surface area contributed by atoms with Gasteiger partial charge >= 0.3 is 0 Å². The van der Waals surface area contributed by atoms with Gasteiger partial charge in [-0.15, -0.1) is 0 Å². The average Bonchev–Trinajstić information content (AvgIpc) is 2.85. The number of amides is 2. The van der Waals surface area contributed by atoms with Gasteiger partial charge < -0.3 is 15.0 Å². The van der Waals surface area contributed by atoms with Crippen LogP contribution < -0.4 is 10.1 Å². The van der Waals surface area contributed by atoms with Crippen molar-refractivity contribution in [1.82, 2.24) is 10.2 Å². The number of halogens is 1. The van der Waals surface area contributed by atoms with Crippen molar-refractivity contribution >= 4 is 11.8 Å². The molecule has 5 nitrogen and oxygen atoms in total. The summed E-state index contributed by atoms with van der Waals surface area (Å²) < 4.78 is 19.9. The third-order valence-electron chi connectivity index (χ3n) is 6.12. The van der Waals surface area contributed by atoms with Crippen LogP contribution in [-0.2, 0) is 22.6 Å². The molecule has 0 saturated carbocycles. The van der Waals surface area contributed by atoms with Crippen LogP contribution >= 0.6 is 0 Å². The molecule has 0 radical (unpaired) electrons. The second-order valence-electron chi connectivity index (χ2n) is 9.30. The van der Waals surface area contributed by atoms with Crippen LogP contribution in [0.2, 0.25) is 0 Å². The lowest BCUT2D eigenvalue weighted by Gasteiger charge is -2.38. The van der Waals surface area contributed by atoms with Crippen molar-refractivity contribution in [2.45, 2.75) is 39.3 Å². The Labute approximate surface area is 205 Å². The lowest BCUT2D eigenvalue weighted by atomic mass is 9.87. The van der Waals surface area contributed by atoms with Gasteiger partial charge in [0, 0.05) is 19.5 Å². The van der Waals surface area contributed by atoms with Crippen molar-refractivity contribution < 1.29 is 18.7 Å². The molecule has 0 aromatic heterocycles. The fourth-order valence-electron chi connectivity index (χ4n) is 4.45. The minimum Gasteiger partial charge on any atom is -0.484 e. The highest BCUT2D eigenvalue weighted by Gasteiger charge is 2.32. The molecule has 0 unspecified atom stereocenters. The maximum absolute atomic E-state index is 14.1. The molecular weight excluding hydrogens is 443 g/mol. The van der Waals surface area contributed by atoms with Gasteiger partial charge in [-0.05, 0) is 58.9 Å². The Morgan fingerprint density at radius 3 is 2.60 bits per heavy atom. The number of carbonyl (C=O) groups excluding carboxylic acids is 2. The minimum atomic E-state index is -0.406. The highest BCUT2D eigenvalue weighted by atomic mass is 19.1. The maximum Gasteiger partial charge on any atom is 0.258 e. The largest absolute Gasteiger partial charge is 0.484 e. The molecule has 35 heavy (non-hydrogen) atoms. The number of fused-ring (bicyclic) bond motifs is 1. The Hall–Kier alpha value is -3.67. The van der Waals surface area contributed by atoms with E-state index in [2.05, 4.69) is 5.32 Å². The number of nitrogens with zero attached hydrogens (tertiary/aromatic N) is 1. The summed E-state index contributed by atoms with van der Waals surface area (Å²) >= 11 is 0. The topological polar surface area (TPSA) is 58.6 Å². The zero-order valence-corrected chi connectivity index (χ0v) is 20.2. The van der Waals surface area contributed by atoms with Crippen LogP contribution in [0, 0.1) is 11.7 Å². The summed E-state index contributed by atoms with van der Waals surface area (Å²) in [5, 5.41) is 2.85. The third kappa shape index (κ3) is 6.27. The van der Waals surface area contributed by atoms with Crippen LogP contribution in [0.4, 0.5) is 4.39 Å². The van der Waals surface area contributed by atoms with Gasteiger partial charge in [0.2, 0.25) is 5.91 Å². The second kappa shape index (κ2) is 11.2. The van der Waals surface area contributed by atoms with E-state index in [1.54, 1.807) is 6.07 Å². The van der Waals surface area contributed by atoms with Crippen LogP contribution in [-0.4, -0.2) is 29.9 Å². The molecule has 1 aliphatic heterocycles. The number of ether oxygens (including phenoxy) is 1.